The number of methoxy groups -OCH3 is 1. The molecule has 0 unspecified atom stereocenters. The normalized spacial score (nSPS) is 13.4. The number of thioether (sulfide) groups is 1. The van der Waals surface area contributed by atoms with Crippen LogP contribution in [0.4, 0.5) is 0 Å². The zero-order chi connectivity index (χ0) is 14.3. The number of benzene rings is 1. The quantitative estimate of drug-likeness (QED) is 0.808. The summed E-state index contributed by atoms with van der Waals surface area (Å²) in [6, 6.07) is 8.71. The Kier molecular flexibility index (Phi) is 6.40. The summed E-state index contributed by atoms with van der Waals surface area (Å²) in [4.78, 5) is 11.9. The predicted octanol–water partition coefficient (Wildman–Crippen LogP) is 2.11. The first-order chi connectivity index (χ1) is 9.12. The molecule has 1 rings (SSSR count). The average molecular weight is 278 g/mol. The lowest BCUT2D eigenvalue weighted by atomic mass is 10.0. The van der Waals surface area contributed by atoms with Gasteiger partial charge in [0, 0.05) is 11.8 Å². The molecule has 0 aromatic heterocycles. The van der Waals surface area contributed by atoms with Crippen LogP contribution in [0.15, 0.2) is 24.3 Å². The Balaban J connectivity index is 2.96. The second-order valence-corrected chi connectivity index (χ2v) is 5.13. The van der Waals surface area contributed by atoms with Crippen molar-refractivity contribution in [2.75, 3.05) is 19.1 Å². The minimum atomic E-state index is -0.541. The fourth-order valence-electron chi connectivity index (χ4n) is 1.79. The Morgan fingerprint density at radius 2 is 2.32 bits per heavy atom. The van der Waals surface area contributed by atoms with Crippen molar-refractivity contribution in [3.8, 4) is 6.07 Å². The number of nitriles is 1. The number of carbonyl (C=O) groups is 1. The first-order valence-electron chi connectivity index (χ1n) is 5.95. The zero-order valence-electron chi connectivity index (χ0n) is 11.3. The van der Waals surface area contributed by atoms with Gasteiger partial charge in [-0.05, 0) is 30.9 Å². The maximum absolute atomic E-state index is 11.9. The van der Waals surface area contributed by atoms with E-state index in [0.29, 0.717) is 5.56 Å². The number of esters is 1. The number of ether oxygens (including phenoxy) is 1. The van der Waals surface area contributed by atoms with Crippen molar-refractivity contribution in [2.24, 2.45) is 0 Å². The summed E-state index contributed by atoms with van der Waals surface area (Å²) >= 11 is 1.71. The molecule has 1 N–H and O–H groups in total. The third kappa shape index (κ3) is 4.58. The first-order valence-corrected chi connectivity index (χ1v) is 7.34. The van der Waals surface area contributed by atoms with Crippen molar-refractivity contribution in [2.45, 2.75) is 19.0 Å². The van der Waals surface area contributed by atoms with Gasteiger partial charge in [0.15, 0.2) is 0 Å². The van der Waals surface area contributed by atoms with Crippen molar-refractivity contribution < 1.29 is 9.53 Å². The van der Waals surface area contributed by atoms with E-state index in [9.17, 15) is 4.79 Å². The maximum atomic E-state index is 11.9. The van der Waals surface area contributed by atoms with Crippen LogP contribution in [-0.4, -0.2) is 31.1 Å². The Bertz CT molecular complexity index is 471. The summed E-state index contributed by atoms with van der Waals surface area (Å²) in [7, 11) is 1.37. The van der Waals surface area contributed by atoms with Crippen LogP contribution < -0.4 is 5.32 Å². The Morgan fingerprint density at radius 3 is 2.89 bits per heavy atom. The summed E-state index contributed by atoms with van der Waals surface area (Å²) < 4.78 is 4.83. The SMILES string of the molecule is COC(=O)[C@@H](N[C@@H](C)CSC)c1cccc(C#N)c1. The van der Waals surface area contributed by atoms with Gasteiger partial charge in [-0.25, -0.2) is 4.79 Å². The molecule has 0 heterocycles. The fraction of sp³-hybridized carbons (Fsp3) is 0.429. The molecule has 5 heteroatoms. The van der Waals surface area contributed by atoms with E-state index >= 15 is 0 Å². The maximum Gasteiger partial charge on any atom is 0.327 e. The molecule has 0 aliphatic heterocycles. The van der Waals surface area contributed by atoms with Crippen LogP contribution in [0.25, 0.3) is 0 Å². The van der Waals surface area contributed by atoms with Gasteiger partial charge in [-0.15, -0.1) is 0 Å². The molecule has 0 aliphatic carbocycles. The van der Waals surface area contributed by atoms with Gasteiger partial charge in [-0.3, -0.25) is 5.32 Å². The van der Waals surface area contributed by atoms with E-state index in [4.69, 9.17) is 10.00 Å². The second-order valence-electron chi connectivity index (χ2n) is 4.22. The molecule has 2 atom stereocenters. The third-order valence-electron chi connectivity index (χ3n) is 2.65. The summed E-state index contributed by atoms with van der Waals surface area (Å²) in [6.45, 7) is 2.01. The van der Waals surface area contributed by atoms with E-state index in [0.717, 1.165) is 11.3 Å². The van der Waals surface area contributed by atoms with E-state index < -0.39 is 6.04 Å². The Hall–Kier alpha value is -1.51. The van der Waals surface area contributed by atoms with E-state index in [1.54, 1.807) is 30.0 Å². The predicted molar refractivity (Wildman–Crippen MR) is 76.9 cm³/mol. The topological polar surface area (TPSA) is 62.1 Å². The van der Waals surface area contributed by atoms with E-state index in [1.807, 2.05) is 19.2 Å². The number of carbonyl (C=O) groups excluding carboxylic acids is 1. The van der Waals surface area contributed by atoms with E-state index in [-0.39, 0.29) is 12.0 Å². The molecule has 1 aromatic rings. The monoisotopic (exact) mass is 278 g/mol. The number of hydrogen-bond donors (Lipinski definition) is 1. The van der Waals surface area contributed by atoms with Crippen molar-refractivity contribution in [1.29, 1.82) is 5.26 Å². The first kappa shape index (κ1) is 15.5. The minimum Gasteiger partial charge on any atom is -0.468 e. The molecule has 4 nitrogen and oxygen atoms in total. The number of nitrogens with zero attached hydrogens (tertiary/aromatic N) is 1. The molecule has 102 valence electrons. The van der Waals surface area contributed by atoms with Crippen molar-refractivity contribution in [3.05, 3.63) is 35.4 Å². The molecule has 0 bridgehead atoms. The lowest BCUT2D eigenvalue weighted by Gasteiger charge is -2.21. The van der Waals surface area contributed by atoms with Gasteiger partial charge < -0.3 is 4.74 Å². The van der Waals surface area contributed by atoms with Crippen LogP contribution in [0.2, 0.25) is 0 Å². The van der Waals surface area contributed by atoms with Crippen LogP contribution >= 0.6 is 11.8 Å². The standard InChI is InChI=1S/C14H18N2O2S/c1-10(9-19-3)16-13(14(17)18-2)12-6-4-5-11(7-12)8-15/h4-7,10,13,16H,9H2,1-3H3/t10-,13-/m0/s1. The molecule has 0 aliphatic rings. The third-order valence-corrected chi connectivity index (χ3v) is 3.49. The molecule has 0 spiro atoms. The largest absolute Gasteiger partial charge is 0.468 e. The highest BCUT2D eigenvalue weighted by molar-refractivity contribution is 7.98. The minimum absolute atomic E-state index is 0.171. The Labute approximate surface area is 118 Å². The van der Waals surface area contributed by atoms with Crippen molar-refractivity contribution in [1.82, 2.24) is 5.32 Å². The number of nitrogens with one attached hydrogen (secondary N) is 1. The second kappa shape index (κ2) is 7.82. The van der Waals surface area contributed by atoms with Crippen LogP contribution in [0.3, 0.4) is 0 Å². The average Bonchev–Trinajstić information content (AvgIpc) is 2.44. The molecular weight excluding hydrogens is 260 g/mol. The zero-order valence-corrected chi connectivity index (χ0v) is 12.2. The summed E-state index contributed by atoms with van der Waals surface area (Å²) in [5.41, 5.74) is 1.28. The highest BCUT2D eigenvalue weighted by Crippen LogP contribution is 2.17. The molecular formula is C14H18N2O2S. The summed E-state index contributed by atoms with van der Waals surface area (Å²) in [5.74, 6) is 0.550. The highest BCUT2D eigenvalue weighted by Gasteiger charge is 2.23. The van der Waals surface area contributed by atoms with Crippen LogP contribution in [-0.2, 0) is 9.53 Å². The lowest BCUT2D eigenvalue weighted by molar-refractivity contribution is -0.143. The summed E-state index contributed by atoms with van der Waals surface area (Å²) in [5, 5.41) is 12.1. The van der Waals surface area contributed by atoms with Crippen LogP contribution in [0.1, 0.15) is 24.1 Å². The van der Waals surface area contributed by atoms with Gasteiger partial charge in [0.2, 0.25) is 0 Å². The van der Waals surface area contributed by atoms with Crippen molar-refractivity contribution in [3.63, 3.8) is 0 Å². The lowest BCUT2D eigenvalue weighted by Crippen LogP contribution is -2.37. The van der Waals surface area contributed by atoms with E-state index in [1.165, 1.54) is 7.11 Å². The number of rotatable bonds is 6. The molecule has 0 saturated carbocycles. The smallest absolute Gasteiger partial charge is 0.327 e. The molecule has 19 heavy (non-hydrogen) atoms. The molecule has 0 fully saturated rings. The highest BCUT2D eigenvalue weighted by atomic mass is 32.2. The molecule has 0 amide bonds. The van der Waals surface area contributed by atoms with Gasteiger partial charge >= 0.3 is 5.97 Å². The Morgan fingerprint density at radius 1 is 1.58 bits per heavy atom. The van der Waals surface area contributed by atoms with Gasteiger partial charge in [0.05, 0.1) is 18.7 Å². The van der Waals surface area contributed by atoms with Gasteiger partial charge in [0.1, 0.15) is 6.04 Å². The van der Waals surface area contributed by atoms with Gasteiger partial charge in [-0.1, -0.05) is 12.1 Å². The molecule has 0 saturated heterocycles. The van der Waals surface area contributed by atoms with E-state index in [2.05, 4.69) is 11.4 Å². The molecule has 1 aromatic carbocycles. The van der Waals surface area contributed by atoms with Gasteiger partial charge in [-0.2, -0.15) is 17.0 Å². The summed E-state index contributed by atoms with van der Waals surface area (Å²) in [6.07, 6.45) is 2.02. The van der Waals surface area contributed by atoms with Crippen molar-refractivity contribution >= 4 is 17.7 Å². The van der Waals surface area contributed by atoms with Gasteiger partial charge in [0.25, 0.3) is 0 Å². The molecule has 0 radical (unpaired) electrons. The fourth-order valence-corrected chi connectivity index (χ4v) is 2.38. The number of hydrogen-bond acceptors (Lipinski definition) is 5. The van der Waals surface area contributed by atoms with Crippen LogP contribution in [0, 0.1) is 11.3 Å². The van der Waals surface area contributed by atoms with Crippen LogP contribution in [0.5, 0.6) is 0 Å².